The highest BCUT2D eigenvalue weighted by Crippen LogP contribution is 2.20. The first-order valence-electron chi connectivity index (χ1n) is 8.70. The molecule has 1 amide bonds. The summed E-state index contributed by atoms with van der Waals surface area (Å²) < 4.78 is 27.7. The van der Waals surface area contributed by atoms with E-state index < -0.39 is 10.0 Å². The molecule has 0 aliphatic carbocycles. The third kappa shape index (κ3) is 5.26. The summed E-state index contributed by atoms with van der Waals surface area (Å²) in [4.78, 5) is 15.3. The van der Waals surface area contributed by atoms with Crippen LogP contribution in [0.2, 0.25) is 0 Å². The summed E-state index contributed by atoms with van der Waals surface area (Å²) in [6, 6.07) is 8.60. The number of amides is 1. The second-order valence-electron chi connectivity index (χ2n) is 6.40. The zero-order valence-corrected chi connectivity index (χ0v) is 18.6. The topological polar surface area (TPSA) is 82.1 Å². The molecule has 1 N–H and O–H groups in total. The lowest BCUT2D eigenvalue weighted by molar-refractivity contribution is -0.122. The Bertz CT molecular complexity index is 949. The van der Waals surface area contributed by atoms with Crippen molar-refractivity contribution in [2.45, 2.75) is 11.8 Å². The molecule has 1 aliphatic heterocycles. The predicted molar refractivity (Wildman–Crippen MR) is 114 cm³/mol. The van der Waals surface area contributed by atoms with Gasteiger partial charge in [0.15, 0.2) is 0 Å². The van der Waals surface area contributed by atoms with Crippen LogP contribution in [-0.4, -0.2) is 62.5 Å². The predicted octanol–water partition coefficient (Wildman–Crippen LogP) is 2.28. The minimum absolute atomic E-state index is 0.187. The van der Waals surface area contributed by atoms with Gasteiger partial charge in [0.25, 0.3) is 5.91 Å². The summed E-state index contributed by atoms with van der Waals surface area (Å²) in [5.74, 6) is -0.213. The molecule has 28 heavy (non-hydrogen) atoms. The van der Waals surface area contributed by atoms with E-state index >= 15 is 0 Å². The molecule has 1 aromatic heterocycles. The number of halogens is 1. The largest absolute Gasteiger partial charge is 0.292 e. The molecule has 3 rings (SSSR count). The van der Waals surface area contributed by atoms with Crippen LogP contribution in [0.4, 0.5) is 0 Å². The fourth-order valence-corrected chi connectivity index (χ4v) is 5.27. The van der Waals surface area contributed by atoms with Gasteiger partial charge in [-0.2, -0.15) is 9.41 Å². The van der Waals surface area contributed by atoms with Crippen LogP contribution >= 0.6 is 27.3 Å². The highest BCUT2D eigenvalue weighted by atomic mass is 79.9. The van der Waals surface area contributed by atoms with Crippen LogP contribution in [0.5, 0.6) is 0 Å². The van der Waals surface area contributed by atoms with Crippen molar-refractivity contribution in [1.82, 2.24) is 14.6 Å². The Morgan fingerprint density at radius 2 is 1.89 bits per heavy atom. The number of nitrogens with one attached hydrogen (secondary N) is 1. The van der Waals surface area contributed by atoms with Crippen molar-refractivity contribution in [3.63, 3.8) is 0 Å². The molecule has 0 atom stereocenters. The van der Waals surface area contributed by atoms with Crippen molar-refractivity contribution in [2.24, 2.45) is 5.10 Å². The number of aryl methyl sites for hydroxylation is 1. The molecular formula is C18H21BrN4O3S2. The van der Waals surface area contributed by atoms with E-state index in [2.05, 4.69) is 26.5 Å². The first kappa shape index (κ1) is 21.1. The quantitative estimate of drug-likeness (QED) is 0.503. The fraction of sp³-hybridized carbons (Fsp3) is 0.333. The zero-order chi connectivity index (χ0) is 20.1. The van der Waals surface area contributed by atoms with E-state index in [4.69, 9.17) is 0 Å². The third-order valence-electron chi connectivity index (χ3n) is 4.42. The Morgan fingerprint density at radius 1 is 1.21 bits per heavy atom. The van der Waals surface area contributed by atoms with Gasteiger partial charge >= 0.3 is 0 Å². The van der Waals surface area contributed by atoms with Gasteiger partial charge in [0.1, 0.15) is 0 Å². The van der Waals surface area contributed by atoms with Crippen LogP contribution < -0.4 is 5.43 Å². The summed E-state index contributed by atoms with van der Waals surface area (Å²) in [5, 5.41) is 5.96. The molecule has 0 radical (unpaired) electrons. The first-order valence-corrected chi connectivity index (χ1v) is 11.8. The number of rotatable bonds is 6. The molecule has 7 nitrogen and oxygen atoms in total. The van der Waals surface area contributed by atoms with Gasteiger partial charge in [-0.3, -0.25) is 9.69 Å². The van der Waals surface area contributed by atoms with E-state index in [-0.39, 0.29) is 17.3 Å². The first-order chi connectivity index (χ1) is 13.4. The highest BCUT2D eigenvalue weighted by Gasteiger charge is 2.28. The van der Waals surface area contributed by atoms with Crippen LogP contribution in [0.3, 0.4) is 0 Å². The lowest BCUT2D eigenvalue weighted by atomic mass is 10.3. The maximum absolute atomic E-state index is 12.7. The van der Waals surface area contributed by atoms with Crippen molar-refractivity contribution in [2.75, 3.05) is 32.7 Å². The number of carbonyl (C=O) groups is 1. The summed E-state index contributed by atoms with van der Waals surface area (Å²) in [7, 11) is -3.51. The van der Waals surface area contributed by atoms with Crippen molar-refractivity contribution in [3.05, 3.63) is 50.6 Å². The van der Waals surface area contributed by atoms with Gasteiger partial charge in [-0.1, -0.05) is 15.9 Å². The van der Waals surface area contributed by atoms with Gasteiger partial charge in [0.05, 0.1) is 17.7 Å². The molecule has 1 saturated heterocycles. The number of nitrogens with zero attached hydrogens (tertiary/aromatic N) is 3. The summed E-state index contributed by atoms with van der Waals surface area (Å²) >= 11 is 4.87. The molecule has 1 aliphatic rings. The van der Waals surface area contributed by atoms with Crippen LogP contribution in [0, 0.1) is 6.92 Å². The van der Waals surface area contributed by atoms with E-state index in [0.717, 1.165) is 14.9 Å². The maximum Gasteiger partial charge on any atom is 0.254 e. The van der Waals surface area contributed by atoms with Crippen molar-refractivity contribution >= 4 is 49.4 Å². The van der Waals surface area contributed by atoms with Gasteiger partial charge in [-0.05, 0) is 48.2 Å². The number of hydrogen-bond acceptors (Lipinski definition) is 6. The van der Waals surface area contributed by atoms with Crippen molar-refractivity contribution in [3.8, 4) is 0 Å². The molecule has 0 unspecified atom stereocenters. The molecule has 0 bridgehead atoms. The molecule has 0 saturated carbocycles. The summed E-state index contributed by atoms with van der Waals surface area (Å²) in [6.45, 7) is 3.87. The number of hydrazone groups is 1. The monoisotopic (exact) mass is 484 g/mol. The molecule has 150 valence electrons. The summed E-state index contributed by atoms with van der Waals surface area (Å²) in [6.07, 6.45) is 1.64. The molecule has 2 heterocycles. The minimum Gasteiger partial charge on any atom is -0.292 e. The molecular weight excluding hydrogens is 464 g/mol. The van der Waals surface area contributed by atoms with Gasteiger partial charge in [-0.25, -0.2) is 13.8 Å². The van der Waals surface area contributed by atoms with Crippen LogP contribution in [0.25, 0.3) is 0 Å². The normalized spacial score (nSPS) is 16.5. The number of sulfonamides is 1. The second-order valence-corrected chi connectivity index (χ2v) is 10.2. The number of hydrogen-bond donors (Lipinski definition) is 1. The Balaban J connectivity index is 1.48. The van der Waals surface area contributed by atoms with Crippen molar-refractivity contribution in [1.29, 1.82) is 0 Å². The smallest absolute Gasteiger partial charge is 0.254 e. The third-order valence-corrected chi connectivity index (χ3v) is 7.82. The molecule has 1 aromatic carbocycles. The molecule has 2 aromatic rings. The average molecular weight is 485 g/mol. The van der Waals surface area contributed by atoms with Gasteiger partial charge in [0, 0.05) is 35.5 Å². The maximum atomic E-state index is 12.7. The van der Waals surface area contributed by atoms with Crippen LogP contribution in [0.1, 0.15) is 10.4 Å². The average Bonchev–Trinajstić information content (AvgIpc) is 3.07. The Labute approximate surface area is 177 Å². The lowest BCUT2D eigenvalue weighted by Gasteiger charge is -2.33. The second kappa shape index (κ2) is 9.27. The number of piperazine rings is 1. The number of thiophene rings is 1. The molecule has 0 spiro atoms. The Hall–Kier alpha value is -1.59. The number of benzene rings is 1. The highest BCUT2D eigenvalue weighted by molar-refractivity contribution is 9.10. The van der Waals surface area contributed by atoms with E-state index in [1.807, 2.05) is 23.3 Å². The van der Waals surface area contributed by atoms with E-state index in [9.17, 15) is 13.2 Å². The Morgan fingerprint density at radius 3 is 2.50 bits per heavy atom. The van der Waals surface area contributed by atoms with Crippen LogP contribution in [-0.2, 0) is 14.8 Å². The zero-order valence-electron chi connectivity index (χ0n) is 15.3. The fourth-order valence-electron chi connectivity index (χ4n) is 2.80. The number of carbonyl (C=O) groups excluding carboxylic acids is 1. The SMILES string of the molecule is Cc1ccsc1/C=N/NC(=O)CN1CCN(S(=O)(=O)c2ccc(Br)cc2)CC1. The molecule has 1 fully saturated rings. The lowest BCUT2D eigenvalue weighted by Crippen LogP contribution is -2.50. The standard InChI is InChI=1S/C18H21BrN4O3S2/c1-14-6-11-27-17(14)12-20-21-18(24)13-22-7-9-23(10-8-22)28(25,26)16-4-2-15(19)3-5-16/h2-6,11-12H,7-10,13H2,1H3,(H,21,24)/b20-12+. The van der Waals surface area contributed by atoms with Crippen molar-refractivity contribution < 1.29 is 13.2 Å². The van der Waals surface area contributed by atoms with E-state index in [1.165, 1.54) is 4.31 Å². The van der Waals surface area contributed by atoms with Crippen LogP contribution in [0.15, 0.2) is 50.2 Å². The minimum atomic E-state index is -3.51. The van der Waals surface area contributed by atoms with Gasteiger partial charge in [0.2, 0.25) is 10.0 Å². The van der Waals surface area contributed by atoms with E-state index in [0.29, 0.717) is 26.2 Å². The Kier molecular flexibility index (Phi) is 7.00. The van der Waals surface area contributed by atoms with E-state index in [1.54, 1.807) is 41.8 Å². The molecule has 10 heteroatoms. The van der Waals surface area contributed by atoms with Gasteiger partial charge < -0.3 is 0 Å². The van der Waals surface area contributed by atoms with Gasteiger partial charge in [-0.15, -0.1) is 11.3 Å². The summed E-state index contributed by atoms with van der Waals surface area (Å²) in [5.41, 5.74) is 3.64.